The minimum Gasteiger partial charge on any atom is -0.349 e. The molecule has 2 heterocycles. The molecular weight excluding hydrogens is 426 g/mol. The summed E-state index contributed by atoms with van der Waals surface area (Å²) in [6.07, 6.45) is 2.60. The fraction of sp³-hybridized carbons (Fsp3) is 0.400. The molecule has 2 fully saturated rings. The summed E-state index contributed by atoms with van der Waals surface area (Å²) in [7, 11) is 0. The number of nitrogens with zero attached hydrogens (tertiary/aromatic N) is 2. The van der Waals surface area contributed by atoms with Crippen molar-refractivity contribution in [3.05, 3.63) is 64.7 Å². The number of carbonyl (C=O) groups is 3. The third kappa shape index (κ3) is 4.96. The smallest absolute Gasteiger partial charge is 0.251 e. The second-order valence-electron chi connectivity index (χ2n) is 8.51. The zero-order valence-electron chi connectivity index (χ0n) is 18.2. The van der Waals surface area contributed by atoms with Crippen LogP contribution in [0.1, 0.15) is 42.1 Å². The Morgan fingerprint density at radius 2 is 1.69 bits per heavy atom. The highest BCUT2D eigenvalue weighted by Gasteiger charge is 2.38. The Balaban J connectivity index is 1.28. The molecule has 3 amide bonds. The van der Waals surface area contributed by atoms with Crippen molar-refractivity contribution in [3.63, 3.8) is 0 Å². The van der Waals surface area contributed by atoms with Crippen LogP contribution in [0.4, 0.5) is 5.69 Å². The minimum absolute atomic E-state index is 0.0229. The van der Waals surface area contributed by atoms with Crippen LogP contribution in [-0.2, 0) is 16.0 Å². The van der Waals surface area contributed by atoms with Gasteiger partial charge < -0.3 is 15.1 Å². The number of hydrogen-bond donors (Lipinski definition) is 1. The molecule has 0 unspecified atom stereocenters. The van der Waals surface area contributed by atoms with Gasteiger partial charge in [0, 0.05) is 48.4 Å². The first-order valence-electron chi connectivity index (χ1n) is 11.2. The molecule has 6 nitrogen and oxygen atoms in total. The van der Waals surface area contributed by atoms with Crippen LogP contribution >= 0.6 is 11.6 Å². The van der Waals surface area contributed by atoms with Gasteiger partial charge in [0.25, 0.3) is 5.91 Å². The van der Waals surface area contributed by atoms with E-state index in [4.69, 9.17) is 11.6 Å². The van der Waals surface area contributed by atoms with Crippen molar-refractivity contribution in [3.8, 4) is 0 Å². The van der Waals surface area contributed by atoms with Gasteiger partial charge in [0.05, 0.1) is 5.92 Å². The van der Waals surface area contributed by atoms with E-state index in [0.29, 0.717) is 43.1 Å². The zero-order valence-corrected chi connectivity index (χ0v) is 19.0. The average Bonchev–Trinajstić information content (AvgIpc) is 3.21. The predicted molar refractivity (Wildman–Crippen MR) is 125 cm³/mol. The SMILES string of the molecule is CCc1ccc(C(=O)NC2CCN(C(=O)[C@H]3CC(=O)N(c4ccc(Cl)cc4)C3)CC2)cc1. The first kappa shape index (κ1) is 22.3. The normalized spacial score (nSPS) is 19.3. The van der Waals surface area contributed by atoms with E-state index >= 15 is 0 Å². The van der Waals surface area contributed by atoms with Crippen LogP contribution < -0.4 is 10.2 Å². The summed E-state index contributed by atoms with van der Waals surface area (Å²) in [6, 6.07) is 14.8. The van der Waals surface area contributed by atoms with Crippen molar-refractivity contribution in [1.29, 1.82) is 0 Å². The molecule has 2 aliphatic rings. The Kier molecular flexibility index (Phi) is 6.80. The molecule has 1 N–H and O–H groups in total. The summed E-state index contributed by atoms with van der Waals surface area (Å²) in [5, 5.41) is 3.70. The topological polar surface area (TPSA) is 69.7 Å². The highest BCUT2D eigenvalue weighted by atomic mass is 35.5. The number of benzene rings is 2. The molecule has 2 aromatic carbocycles. The van der Waals surface area contributed by atoms with Gasteiger partial charge in [0.2, 0.25) is 11.8 Å². The van der Waals surface area contributed by atoms with Crippen LogP contribution in [0.2, 0.25) is 5.02 Å². The van der Waals surface area contributed by atoms with E-state index in [1.54, 1.807) is 29.2 Å². The van der Waals surface area contributed by atoms with Crippen LogP contribution in [0.3, 0.4) is 0 Å². The molecule has 2 saturated heterocycles. The molecule has 0 spiro atoms. The Bertz CT molecular complexity index is 982. The lowest BCUT2D eigenvalue weighted by atomic mass is 10.0. The van der Waals surface area contributed by atoms with Crippen LogP contribution in [0.25, 0.3) is 0 Å². The van der Waals surface area contributed by atoms with Crippen molar-refractivity contribution in [2.24, 2.45) is 5.92 Å². The van der Waals surface area contributed by atoms with Gasteiger partial charge in [-0.2, -0.15) is 0 Å². The Labute approximate surface area is 193 Å². The minimum atomic E-state index is -0.332. The Hall–Kier alpha value is -2.86. The molecule has 168 valence electrons. The number of hydrogen-bond acceptors (Lipinski definition) is 3. The standard InChI is InChI=1S/C25H28ClN3O3/c1-2-17-3-5-18(6-4-17)24(31)27-21-11-13-28(14-12-21)25(32)19-15-23(30)29(16-19)22-9-7-20(26)8-10-22/h3-10,19,21H,2,11-16H2,1H3,(H,27,31)/t19-/m0/s1. The molecular formula is C25H28ClN3O3. The summed E-state index contributed by atoms with van der Waals surface area (Å²) in [6.45, 7) is 3.65. The molecule has 0 aromatic heterocycles. The van der Waals surface area contributed by atoms with Crippen molar-refractivity contribution in [1.82, 2.24) is 10.2 Å². The van der Waals surface area contributed by atoms with Gasteiger partial charge in [-0.15, -0.1) is 0 Å². The van der Waals surface area contributed by atoms with Gasteiger partial charge in [0.15, 0.2) is 0 Å². The number of piperidine rings is 1. The molecule has 0 radical (unpaired) electrons. The van der Waals surface area contributed by atoms with E-state index in [2.05, 4.69) is 12.2 Å². The van der Waals surface area contributed by atoms with Crippen molar-refractivity contribution in [2.45, 2.75) is 38.6 Å². The summed E-state index contributed by atoms with van der Waals surface area (Å²) < 4.78 is 0. The van der Waals surface area contributed by atoms with E-state index in [-0.39, 0.29) is 36.1 Å². The molecule has 4 rings (SSSR count). The van der Waals surface area contributed by atoms with Crippen LogP contribution in [0.5, 0.6) is 0 Å². The number of halogens is 1. The summed E-state index contributed by atoms with van der Waals surface area (Å²) in [4.78, 5) is 41.5. The quantitative estimate of drug-likeness (QED) is 0.750. The number of amides is 3. The van der Waals surface area contributed by atoms with E-state index in [1.165, 1.54) is 5.56 Å². The lowest BCUT2D eigenvalue weighted by molar-refractivity contribution is -0.136. The first-order valence-corrected chi connectivity index (χ1v) is 11.6. The third-order valence-corrected chi connectivity index (χ3v) is 6.63. The average molecular weight is 454 g/mol. The second-order valence-corrected chi connectivity index (χ2v) is 8.94. The van der Waals surface area contributed by atoms with Gasteiger partial charge in [-0.05, 0) is 61.2 Å². The van der Waals surface area contributed by atoms with Gasteiger partial charge in [0.1, 0.15) is 0 Å². The maximum Gasteiger partial charge on any atom is 0.251 e. The third-order valence-electron chi connectivity index (χ3n) is 6.38. The van der Waals surface area contributed by atoms with E-state index in [9.17, 15) is 14.4 Å². The van der Waals surface area contributed by atoms with Crippen LogP contribution in [0, 0.1) is 5.92 Å². The van der Waals surface area contributed by atoms with Crippen molar-refractivity contribution in [2.75, 3.05) is 24.5 Å². The largest absolute Gasteiger partial charge is 0.349 e. The van der Waals surface area contributed by atoms with Crippen molar-refractivity contribution < 1.29 is 14.4 Å². The molecule has 1 atom stereocenters. The molecule has 0 bridgehead atoms. The molecule has 32 heavy (non-hydrogen) atoms. The maximum atomic E-state index is 13.0. The first-order chi connectivity index (χ1) is 15.4. The predicted octanol–water partition coefficient (Wildman–Crippen LogP) is 3.68. The Morgan fingerprint density at radius 1 is 1.03 bits per heavy atom. The van der Waals surface area contributed by atoms with E-state index < -0.39 is 0 Å². The van der Waals surface area contributed by atoms with E-state index in [0.717, 1.165) is 12.1 Å². The number of likely N-dealkylation sites (tertiary alicyclic amines) is 1. The number of carbonyl (C=O) groups excluding carboxylic acids is 3. The molecule has 0 saturated carbocycles. The summed E-state index contributed by atoms with van der Waals surface area (Å²) in [5.74, 6) is -0.421. The van der Waals surface area contributed by atoms with Crippen LogP contribution in [0.15, 0.2) is 48.5 Å². The van der Waals surface area contributed by atoms with E-state index in [1.807, 2.05) is 29.2 Å². The molecule has 0 aliphatic carbocycles. The monoisotopic (exact) mass is 453 g/mol. The summed E-state index contributed by atoms with van der Waals surface area (Å²) >= 11 is 5.94. The molecule has 2 aliphatic heterocycles. The second kappa shape index (κ2) is 9.74. The maximum absolute atomic E-state index is 13.0. The number of aryl methyl sites for hydroxylation is 1. The number of rotatable bonds is 5. The fourth-order valence-electron chi connectivity index (χ4n) is 4.41. The lowest BCUT2D eigenvalue weighted by Crippen LogP contribution is -2.48. The van der Waals surface area contributed by atoms with Gasteiger partial charge in [-0.3, -0.25) is 14.4 Å². The van der Waals surface area contributed by atoms with Gasteiger partial charge in [-0.1, -0.05) is 30.7 Å². The van der Waals surface area contributed by atoms with Crippen LogP contribution in [-0.4, -0.2) is 48.3 Å². The molecule has 7 heteroatoms. The van der Waals surface area contributed by atoms with Gasteiger partial charge in [-0.25, -0.2) is 0 Å². The zero-order chi connectivity index (χ0) is 22.7. The number of nitrogens with one attached hydrogen (secondary N) is 1. The molecule has 2 aromatic rings. The highest BCUT2D eigenvalue weighted by molar-refractivity contribution is 6.30. The van der Waals surface area contributed by atoms with Gasteiger partial charge >= 0.3 is 0 Å². The number of anilines is 1. The summed E-state index contributed by atoms with van der Waals surface area (Å²) in [5.41, 5.74) is 2.63. The fourth-order valence-corrected chi connectivity index (χ4v) is 4.53. The lowest BCUT2D eigenvalue weighted by Gasteiger charge is -2.33. The Morgan fingerprint density at radius 3 is 2.31 bits per heavy atom. The van der Waals surface area contributed by atoms with Crippen molar-refractivity contribution >= 4 is 35.0 Å². The highest BCUT2D eigenvalue weighted by Crippen LogP contribution is 2.28.